The van der Waals surface area contributed by atoms with Crippen molar-refractivity contribution < 1.29 is 14.3 Å². The second kappa shape index (κ2) is 7.21. The first-order chi connectivity index (χ1) is 10.6. The Kier molecular flexibility index (Phi) is 5.08. The summed E-state index contributed by atoms with van der Waals surface area (Å²) in [5.41, 5.74) is 4.54. The summed E-state index contributed by atoms with van der Waals surface area (Å²) in [5, 5.41) is 3.92. The van der Waals surface area contributed by atoms with Crippen LogP contribution in [0.1, 0.15) is 21.6 Å². The molecular formula is C16H17N3O3. The van der Waals surface area contributed by atoms with Gasteiger partial charge < -0.3 is 9.47 Å². The van der Waals surface area contributed by atoms with Gasteiger partial charge in [-0.3, -0.25) is 9.78 Å². The number of nitrogens with one attached hydrogen (secondary N) is 1. The number of carbonyl (C=O) groups is 1. The number of methoxy groups -OCH3 is 2. The summed E-state index contributed by atoms with van der Waals surface area (Å²) < 4.78 is 10.4. The summed E-state index contributed by atoms with van der Waals surface area (Å²) in [6.07, 6.45) is 3.04. The smallest absolute Gasteiger partial charge is 0.272 e. The van der Waals surface area contributed by atoms with Crippen molar-refractivity contribution in [1.29, 1.82) is 0 Å². The van der Waals surface area contributed by atoms with Crippen molar-refractivity contribution in [3.8, 4) is 11.5 Å². The summed E-state index contributed by atoms with van der Waals surface area (Å²) in [4.78, 5) is 15.9. The minimum absolute atomic E-state index is 0.316. The highest BCUT2D eigenvalue weighted by Crippen LogP contribution is 2.26. The minimum atomic E-state index is -0.316. The van der Waals surface area contributed by atoms with E-state index >= 15 is 0 Å². The van der Waals surface area contributed by atoms with E-state index in [1.165, 1.54) is 12.4 Å². The Morgan fingerprint density at radius 3 is 2.59 bits per heavy atom. The van der Waals surface area contributed by atoms with E-state index in [0.717, 1.165) is 11.3 Å². The number of aryl methyl sites for hydroxylation is 1. The van der Waals surface area contributed by atoms with Crippen LogP contribution in [0.5, 0.6) is 11.5 Å². The highest BCUT2D eigenvalue weighted by molar-refractivity contribution is 5.94. The van der Waals surface area contributed by atoms with Gasteiger partial charge in [0.25, 0.3) is 5.91 Å². The highest BCUT2D eigenvalue weighted by Gasteiger charge is 2.05. The number of amides is 1. The van der Waals surface area contributed by atoms with E-state index in [2.05, 4.69) is 15.5 Å². The molecule has 0 fully saturated rings. The fraction of sp³-hybridized carbons (Fsp3) is 0.188. The average molecular weight is 299 g/mol. The van der Waals surface area contributed by atoms with Crippen LogP contribution < -0.4 is 14.9 Å². The van der Waals surface area contributed by atoms with Crippen LogP contribution in [0.25, 0.3) is 0 Å². The number of hydrogen-bond acceptors (Lipinski definition) is 5. The normalized spacial score (nSPS) is 10.5. The maximum atomic E-state index is 11.9. The van der Waals surface area contributed by atoms with Gasteiger partial charge in [-0.2, -0.15) is 5.10 Å². The lowest BCUT2D eigenvalue weighted by molar-refractivity contribution is 0.0955. The molecule has 0 spiro atoms. The first kappa shape index (κ1) is 15.5. The lowest BCUT2D eigenvalue weighted by Gasteiger charge is -2.07. The van der Waals surface area contributed by atoms with Crippen molar-refractivity contribution in [2.24, 2.45) is 5.10 Å². The molecule has 6 nitrogen and oxygen atoms in total. The maximum absolute atomic E-state index is 11.9. The Hall–Kier alpha value is -2.89. The number of pyridine rings is 1. The SMILES string of the molecule is COc1ccc(/C=N/NC(=O)c2ccc(C)nc2)cc1OC. The van der Waals surface area contributed by atoms with Crippen molar-refractivity contribution in [2.45, 2.75) is 6.92 Å². The number of aromatic nitrogens is 1. The maximum Gasteiger partial charge on any atom is 0.272 e. The molecule has 0 aliphatic rings. The first-order valence-electron chi connectivity index (χ1n) is 6.62. The summed E-state index contributed by atoms with van der Waals surface area (Å²) in [6, 6.07) is 8.81. The fourth-order valence-electron chi connectivity index (χ4n) is 1.77. The molecule has 22 heavy (non-hydrogen) atoms. The zero-order valence-electron chi connectivity index (χ0n) is 12.7. The van der Waals surface area contributed by atoms with Crippen LogP contribution in [0, 0.1) is 6.92 Å². The Morgan fingerprint density at radius 1 is 1.18 bits per heavy atom. The van der Waals surface area contributed by atoms with Crippen LogP contribution in [0.3, 0.4) is 0 Å². The van der Waals surface area contributed by atoms with Gasteiger partial charge in [0.2, 0.25) is 0 Å². The van der Waals surface area contributed by atoms with Gasteiger partial charge in [-0.1, -0.05) is 0 Å². The van der Waals surface area contributed by atoms with Crippen molar-refractivity contribution in [3.05, 3.63) is 53.3 Å². The largest absolute Gasteiger partial charge is 0.493 e. The summed E-state index contributed by atoms with van der Waals surface area (Å²) in [7, 11) is 3.13. The van der Waals surface area contributed by atoms with Gasteiger partial charge in [-0.25, -0.2) is 5.43 Å². The van der Waals surface area contributed by atoms with Gasteiger partial charge >= 0.3 is 0 Å². The van der Waals surface area contributed by atoms with Crippen LogP contribution in [0.15, 0.2) is 41.6 Å². The van der Waals surface area contributed by atoms with Crippen LogP contribution in [0.2, 0.25) is 0 Å². The zero-order chi connectivity index (χ0) is 15.9. The predicted molar refractivity (Wildman–Crippen MR) is 83.6 cm³/mol. The van der Waals surface area contributed by atoms with E-state index in [9.17, 15) is 4.79 Å². The molecule has 1 amide bonds. The molecule has 0 saturated carbocycles. The predicted octanol–water partition coefficient (Wildman–Crippen LogP) is 2.17. The van der Waals surface area contributed by atoms with E-state index in [-0.39, 0.29) is 5.91 Å². The number of nitrogens with zero attached hydrogens (tertiary/aromatic N) is 2. The molecule has 0 bridgehead atoms. The topological polar surface area (TPSA) is 72.8 Å². The Bertz CT molecular complexity index is 682. The number of carbonyl (C=O) groups excluding carboxylic acids is 1. The molecule has 6 heteroatoms. The minimum Gasteiger partial charge on any atom is -0.493 e. The van der Waals surface area contributed by atoms with E-state index in [4.69, 9.17) is 9.47 Å². The van der Waals surface area contributed by atoms with E-state index < -0.39 is 0 Å². The Morgan fingerprint density at radius 2 is 1.95 bits per heavy atom. The number of hydrogen-bond donors (Lipinski definition) is 1. The third-order valence-electron chi connectivity index (χ3n) is 2.96. The average Bonchev–Trinajstić information content (AvgIpc) is 2.55. The Labute approximate surface area is 128 Å². The standard InChI is InChI=1S/C16H17N3O3/c1-11-4-6-13(10-17-11)16(20)19-18-9-12-5-7-14(21-2)15(8-12)22-3/h4-10H,1-3H3,(H,19,20)/b18-9+. The highest BCUT2D eigenvalue weighted by atomic mass is 16.5. The molecule has 0 aliphatic heterocycles. The van der Waals surface area contributed by atoms with Gasteiger partial charge in [0.15, 0.2) is 11.5 Å². The van der Waals surface area contributed by atoms with Gasteiger partial charge in [0.1, 0.15) is 0 Å². The van der Waals surface area contributed by atoms with Crippen LogP contribution in [0.4, 0.5) is 0 Å². The van der Waals surface area contributed by atoms with Crippen molar-refractivity contribution in [2.75, 3.05) is 14.2 Å². The number of ether oxygens (including phenoxy) is 2. The monoisotopic (exact) mass is 299 g/mol. The van der Waals surface area contributed by atoms with E-state index in [1.54, 1.807) is 38.5 Å². The van der Waals surface area contributed by atoms with Gasteiger partial charge in [-0.05, 0) is 42.8 Å². The zero-order valence-corrected chi connectivity index (χ0v) is 12.7. The van der Waals surface area contributed by atoms with E-state index in [0.29, 0.717) is 17.1 Å². The number of hydrazone groups is 1. The molecule has 114 valence electrons. The third-order valence-corrected chi connectivity index (χ3v) is 2.96. The lowest BCUT2D eigenvalue weighted by atomic mass is 10.2. The lowest BCUT2D eigenvalue weighted by Crippen LogP contribution is -2.17. The Balaban J connectivity index is 2.03. The molecule has 1 aromatic carbocycles. The van der Waals surface area contributed by atoms with E-state index in [1.807, 2.05) is 13.0 Å². The van der Waals surface area contributed by atoms with Gasteiger partial charge in [0.05, 0.1) is 26.0 Å². The molecule has 1 N–H and O–H groups in total. The third kappa shape index (κ3) is 3.82. The van der Waals surface area contributed by atoms with Crippen LogP contribution in [-0.4, -0.2) is 31.3 Å². The molecule has 0 atom stereocenters. The van der Waals surface area contributed by atoms with Crippen molar-refractivity contribution in [3.63, 3.8) is 0 Å². The molecular weight excluding hydrogens is 282 g/mol. The summed E-state index contributed by atoms with van der Waals surface area (Å²) in [5.74, 6) is 0.916. The van der Waals surface area contributed by atoms with Crippen LogP contribution >= 0.6 is 0 Å². The summed E-state index contributed by atoms with van der Waals surface area (Å²) >= 11 is 0. The molecule has 0 saturated heterocycles. The number of benzene rings is 1. The molecule has 2 rings (SSSR count). The second-order valence-electron chi connectivity index (χ2n) is 4.50. The van der Waals surface area contributed by atoms with Gasteiger partial charge in [0, 0.05) is 11.9 Å². The molecule has 2 aromatic rings. The van der Waals surface area contributed by atoms with Gasteiger partial charge in [-0.15, -0.1) is 0 Å². The quantitative estimate of drug-likeness (QED) is 0.678. The molecule has 1 heterocycles. The molecule has 0 unspecified atom stereocenters. The van der Waals surface area contributed by atoms with Crippen LogP contribution in [-0.2, 0) is 0 Å². The fourth-order valence-corrected chi connectivity index (χ4v) is 1.77. The van der Waals surface area contributed by atoms with Crippen molar-refractivity contribution >= 4 is 12.1 Å². The molecule has 1 aromatic heterocycles. The second-order valence-corrected chi connectivity index (χ2v) is 4.50. The molecule has 0 aliphatic carbocycles. The molecule has 0 radical (unpaired) electrons. The first-order valence-corrected chi connectivity index (χ1v) is 6.62. The van der Waals surface area contributed by atoms with Crippen molar-refractivity contribution in [1.82, 2.24) is 10.4 Å². The number of rotatable bonds is 5. The summed E-state index contributed by atoms with van der Waals surface area (Å²) in [6.45, 7) is 1.86.